The molecule has 1 aliphatic heterocycles. The summed E-state index contributed by atoms with van der Waals surface area (Å²) < 4.78 is 24.9. The third-order valence-corrected chi connectivity index (χ3v) is 6.74. The van der Waals surface area contributed by atoms with Crippen LogP contribution in [0.25, 0.3) is 0 Å². The molecule has 1 aromatic heterocycles. The van der Waals surface area contributed by atoms with E-state index in [9.17, 15) is 13.2 Å². The standard InChI is InChI=1S/C18H21ClN4O3S/c1-3-13-4-6-14(7-5-13)18(24)21-20-10-16-12(2)22-23(17(16)19)15-8-9-27(25,26)11-15/h4-7,10,15H,3,8-9,11H2,1-2H3,(H,21,24)/b20-10-/t15-/m0/s1. The summed E-state index contributed by atoms with van der Waals surface area (Å²) in [6.07, 6.45) is 2.83. The molecule has 1 fully saturated rings. The first-order valence-corrected chi connectivity index (χ1v) is 10.9. The molecule has 0 bridgehead atoms. The number of nitrogens with one attached hydrogen (secondary N) is 1. The second-order valence-corrected chi connectivity index (χ2v) is 9.13. The van der Waals surface area contributed by atoms with Crippen molar-refractivity contribution in [1.29, 1.82) is 0 Å². The smallest absolute Gasteiger partial charge is 0.267 e. The number of hydrazone groups is 1. The van der Waals surface area contributed by atoms with Gasteiger partial charge in [-0.25, -0.2) is 18.5 Å². The van der Waals surface area contributed by atoms with Gasteiger partial charge in [0.1, 0.15) is 5.15 Å². The summed E-state index contributed by atoms with van der Waals surface area (Å²) in [6, 6.07) is 7.04. The zero-order valence-electron chi connectivity index (χ0n) is 15.1. The van der Waals surface area contributed by atoms with Gasteiger partial charge >= 0.3 is 0 Å². The molecule has 0 radical (unpaired) electrons. The largest absolute Gasteiger partial charge is 0.271 e. The number of aromatic nitrogens is 2. The highest BCUT2D eigenvalue weighted by Crippen LogP contribution is 2.29. The van der Waals surface area contributed by atoms with Crippen LogP contribution in [-0.4, -0.2) is 41.8 Å². The van der Waals surface area contributed by atoms with Gasteiger partial charge in [0.2, 0.25) is 0 Å². The average Bonchev–Trinajstić information content (AvgIpc) is 3.14. The number of amides is 1. The van der Waals surface area contributed by atoms with Crippen molar-refractivity contribution in [1.82, 2.24) is 15.2 Å². The Balaban J connectivity index is 1.71. The van der Waals surface area contributed by atoms with Crippen molar-refractivity contribution in [3.8, 4) is 0 Å². The monoisotopic (exact) mass is 408 g/mol. The van der Waals surface area contributed by atoms with Crippen LogP contribution in [0.3, 0.4) is 0 Å². The number of benzene rings is 1. The van der Waals surface area contributed by atoms with Crippen LogP contribution in [0.15, 0.2) is 29.4 Å². The summed E-state index contributed by atoms with van der Waals surface area (Å²) >= 11 is 6.37. The van der Waals surface area contributed by atoms with Crippen LogP contribution in [-0.2, 0) is 16.3 Å². The van der Waals surface area contributed by atoms with Crippen molar-refractivity contribution in [2.45, 2.75) is 32.7 Å². The highest BCUT2D eigenvalue weighted by atomic mass is 35.5. The second kappa shape index (κ2) is 7.82. The van der Waals surface area contributed by atoms with Gasteiger partial charge in [-0.1, -0.05) is 30.7 Å². The van der Waals surface area contributed by atoms with Crippen molar-refractivity contribution < 1.29 is 13.2 Å². The van der Waals surface area contributed by atoms with Gasteiger partial charge in [-0.05, 0) is 37.5 Å². The minimum atomic E-state index is -3.04. The number of aryl methyl sites for hydroxylation is 2. The van der Waals surface area contributed by atoms with E-state index in [1.807, 2.05) is 19.1 Å². The van der Waals surface area contributed by atoms with Crippen molar-refractivity contribution >= 4 is 33.6 Å². The topological polar surface area (TPSA) is 93.4 Å². The Bertz CT molecular complexity index is 981. The Morgan fingerprint density at radius 1 is 1.41 bits per heavy atom. The van der Waals surface area contributed by atoms with Crippen molar-refractivity contribution in [2.24, 2.45) is 5.10 Å². The Kier molecular flexibility index (Phi) is 5.67. The lowest BCUT2D eigenvalue weighted by atomic mass is 10.1. The van der Waals surface area contributed by atoms with Gasteiger partial charge in [0, 0.05) is 5.56 Å². The molecule has 1 N–H and O–H groups in total. The van der Waals surface area contributed by atoms with Gasteiger partial charge in [-0.2, -0.15) is 10.2 Å². The molecule has 1 amide bonds. The minimum Gasteiger partial charge on any atom is -0.267 e. The Morgan fingerprint density at radius 2 is 2.11 bits per heavy atom. The van der Waals surface area contributed by atoms with Crippen LogP contribution in [0.1, 0.15) is 46.6 Å². The predicted octanol–water partition coefficient (Wildman–Crippen LogP) is 2.53. The Labute approximate surface area is 163 Å². The number of hydrogen-bond donors (Lipinski definition) is 1. The summed E-state index contributed by atoms with van der Waals surface area (Å²) in [5.41, 5.74) is 5.31. The number of halogens is 1. The zero-order chi connectivity index (χ0) is 19.6. The van der Waals surface area contributed by atoms with E-state index in [1.54, 1.807) is 19.1 Å². The Hall–Kier alpha value is -2.19. The maximum atomic E-state index is 12.1. The van der Waals surface area contributed by atoms with E-state index in [0.717, 1.165) is 12.0 Å². The molecule has 1 atom stereocenters. The molecule has 0 aliphatic carbocycles. The highest BCUT2D eigenvalue weighted by molar-refractivity contribution is 7.91. The summed E-state index contributed by atoms with van der Waals surface area (Å²) in [4.78, 5) is 12.1. The molecule has 3 rings (SSSR count). The van der Waals surface area contributed by atoms with E-state index < -0.39 is 9.84 Å². The van der Waals surface area contributed by atoms with E-state index in [2.05, 4.69) is 15.6 Å². The first-order chi connectivity index (χ1) is 12.8. The molecule has 144 valence electrons. The average molecular weight is 409 g/mol. The van der Waals surface area contributed by atoms with Gasteiger partial charge < -0.3 is 0 Å². The summed E-state index contributed by atoms with van der Waals surface area (Å²) in [7, 11) is -3.04. The number of hydrogen-bond acceptors (Lipinski definition) is 5. The van der Waals surface area contributed by atoms with Gasteiger partial charge in [0.25, 0.3) is 5.91 Å². The van der Waals surface area contributed by atoms with Crippen LogP contribution in [0.4, 0.5) is 0 Å². The normalized spacial score (nSPS) is 18.9. The van der Waals surface area contributed by atoms with Crippen LogP contribution in [0, 0.1) is 6.92 Å². The third-order valence-electron chi connectivity index (χ3n) is 4.61. The fourth-order valence-electron chi connectivity index (χ4n) is 3.00. The van der Waals surface area contributed by atoms with Crippen molar-refractivity contribution in [3.63, 3.8) is 0 Å². The van der Waals surface area contributed by atoms with E-state index >= 15 is 0 Å². The molecule has 1 saturated heterocycles. The first-order valence-electron chi connectivity index (χ1n) is 8.68. The molecule has 0 unspecified atom stereocenters. The SMILES string of the molecule is CCc1ccc(C(=O)N/N=C\c2c(C)nn([C@H]3CCS(=O)(=O)C3)c2Cl)cc1. The van der Waals surface area contributed by atoms with E-state index in [-0.39, 0.29) is 23.5 Å². The number of carbonyl (C=O) groups excluding carboxylic acids is 1. The molecule has 27 heavy (non-hydrogen) atoms. The predicted molar refractivity (Wildman–Crippen MR) is 105 cm³/mol. The van der Waals surface area contributed by atoms with Crippen molar-refractivity contribution in [3.05, 3.63) is 51.8 Å². The summed E-state index contributed by atoms with van der Waals surface area (Å²) in [5.74, 6) is -0.144. The molecule has 2 aromatic rings. The molecule has 9 heteroatoms. The lowest BCUT2D eigenvalue weighted by molar-refractivity contribution is 0.0955. The van der Waals surface area contributed by atoms with Gasteiger partial charge in [-0.3, -0.25) is 4.79 Å². The molecule has 1 aliphatic rings. The highest BCUT2D eigenvalue weighted by Gasteiger charge is 2.31. The molecule has 0 spiro atoms. The molecular formula is C18H21ClN4O3S. The van der Waals surface area contributed by atoms with Crippen LogP contribution in [0.2, 0.25) is 5.15 Å². The summed E-state index contributed by atoms with van der Waals surface area (Å²) in [6.45, 7) is 3.81. The second-order valence-electron chi connectivity index (χ2n) is 6.54. The van der Waals surface area contributed by atoms with E-state index in [4.69, 9.17) is 11.6 Å². The van der Waals surface area contributed by atoms with Gasteiger partial charge in [0.05, 0.1) is 35.0 Å². The maximum absolute atomic E-state index is 12.1. The molecule has 2 heterocycles. The fourth-order valence-corrected chi connectivity index (χ4v) is 5.05. The van der Waals surface area contributed by atoms with E-state index in [0.29, 0.717) is 28.4 Å². The molecule has 0 saturated carbocycles. The van der Waals surface area contributed by atoms with Gasteiger partial charge in [0.15, 0.2) is 9.84 Å². The Morgan fingerprint density at radius 3 is 2.70 bits per heavy atom. The molecular weight excluding hydrogens is 388 g/mol. The van der Waals surface area contributed by atoms with Crippen molar-refractivity contribution in [2.75, 3.05) is 11.5 Å². The number of sulfone groups is 1. The van der Waals surface area contributed by atoms with Crippen LogP contribution in [0.5, 0.6) is 0 Å². The number of nitrogens with zero attached hydrogens (tertiary/aromatic N) is 3. The maximum Gasteiger partial charge on any atom is 0.271 e. The van der Waals surface area contributed by atoms with Crippen LogP contribution < -0.4 is 5.43 Å². The molecule has 7 nitrogen and oxygen atoms in total. The lowest BCUT2D eigenvalue weighted by Crippen LogP contribution is -2.17. The van der Waals surface area contributed by atoms with Gasteiger partial charge in [-0.15, -0.1) is 0 Å². The zero-order valence-corrected chi connectivity index (χ0v) is 16.7. The number of carbonyl (C=O) groups is 1. The summed E-state index contributed by atoms with van der Waals surface area (Å²) in [5, 5.41) is 8.64. The van der Waals surface area contributed by atoms with E-state index in [1.165, 1.54) is 10.9 Å². The van der Waals surface area contributed by atoms with Crippen LogP contribution >= 0.6 is 11.6 Å². The number of rotatable bonds is 5. The minimum absolute atomic E-state index is 0.0366. The quantitative estimate of drug-likeness (QED) is 0.607. The lowest BCUT2D eigenvalue weighted by Gasteiger charge is -2.09. The third kappa shape index (κ3) is 4.39. The fraction of sp³-hybridized carbons (Fsp3) is 0.389. The first kappa shape index (κ1) is 19.6. The molecule has 1 aromatic carbocycles.